The molecule has 0 aliphatic carbocycles. The van der Waals surface area contributed by atoms with E-state index in [2.05, 4.69) is 25.0 Å². The van der Waals surface area contributed by atoms with Crippen molar-refractivity contribution in [1.29, 1.82) is 0 Å². The second kappa shape index (κ2) is 10.5. The summed E-state index contributed by atoms with van der Waals surface area (Å²) in [4.78, 5) is 23.9. The highest BCUT2D eigenvalue weighted by Crippen LogP contribution is 2.17. The van der Waals surface area contributed by atoms with Gasteiger partial charge in [0.1, 0.15) is 10.7 Å². The van der Waals surface area contributed by atoms with Gasteiger partial charge in [-0.15, -0.1) is 11.3 Å². The van der Waals surface area contributed by atoms with Crippen molar-refractivity contribution in [3.63, 3.8) is 0 Å². The van der Waals surface area contributed by atoms with Crippen LogP contribution in [0.25, 0.3) is 0 Å². The van der Waals surface area contributed by atoms with Crippen molar-refractivity contribution >= 4 is 17.2 Å². The molecule has 3 rings (SSSR count). The van der Waals surface area contributed by atoms with Crippen LogP contribution in [0, 0.1) is 5.92 Å². The fourth-order valence-electron chi connectivity index (χ4n) is 3.61. The summed E-state index contributed by atoms with van der Waals surface area (Å²) >= 11 is 1.55. The minimum atomic E-state index is -0.0361. The average Bonchev–Trinajstić information content (AvgIpc) is 3.14. The lowest BCUT2D eigenvalue weighted by atomic mass is 9.97. The number of thiazole rings is 1. The van der Waals surface area contributed by atoms with Gasteiger partial charge in [-0.25, -0.2) is 4.98 Å². The monoisotopic (exact) mass is 395 g/mol. The van der Waals surface area contributed by atoms with Gasteiger partial charge in [0.2, 0.25) is 0 Å². The van der Waals surface area contributed by atoms with E-state index in [1.807, 2.05) is 19.5 Å². The van der Waals surface area contributed by atoms with Crippen molar-refractivity contribution in [1.82, 2.24) is 25.0 Å². The minimum Gasteiger partial charge on any atom is -0.379 e. The minimum absolute atomic E-state index is 0.0361. The number of ether oxygens (including phenoxy) is 1. The van der Waals surface area contributed by atoms with Gasteiger partial charge in [0.05, 0.1) is 13.2 Å². The number of carbonyl (C=O) groups excluding carboxylic acids is 1. The van der Waals surface area contributed by atoms with Crippen LogP contribution in [0.1, 0.15) is 28.3 Å². The third kappa shape index (κ3) is 6.80. The van der Waals surface area contributed by atoms with E-state index in [1.165, 1.54) is 0 Å². The van der Waals surface area contributed by atoms with E-state index >= 15 is 0 Å². The molecule has 0 saturated carbocycles. The van der Waals surface area contributed by atoms with Crippen LogP contribution >= 0.6 is 11.3 Å². The summed E-state index contributed by atoms with van der Waals surface area (Å²) in [6.45, 7) is 9.97. The third-order valence-corrected chi connectivity index (χ3v) is 6.16. The molecule has 2 fully saturated rings. The summed E-state index contributed by atoms with van der Waals surface area (Å²) in [5.41, 5.74) is 0.555. The maximum Gasteiger partial charge on any atom is 0.270 e. The molecule has 0 atom stereocenters. The first-order valence-corrected chi connectivity index (χ1v) is 10.9. The summed E-state index contributed by atoms with van der Waals surface area (Å²) in [5.74, 6) is 0.541. The normalized spacial score (nSPS) is 20.3. The van der Waals surface area contributed by atoms with Crippen LogP contribution in [0.5, 0.6) is 0 Å². The average molecular weight is 396 g/mol. The van der Waals surface area contributed by atoms with Crippen LogP contribution in [0.2, 0.25) is 0 Å². The Hall–Kier alpha value is -1.06. The molecule has 8 heteroatoms. The zero-order valence-corrected chi connectivity index (χ0v) is 17.5. The lowest BCUT2D eigenvalue weighted by Crippen LogP contribution is -2.44. The van der Waals surface area contributed by atoms with E-state index in [4.69, 9.17) is 4.74 Å². The maximum atomic E-state index is 12.3. The summed E-state index contributed by atoms with van der Waals surface area (Å²) in [6, 6.07) is 0. The molecule has 3 heterocycles. The molecule has 7 nitrogen and oxygen atoms in total. The quantitative estimate of drug-likeness (QED) is 0.708. The van der Waals surface area contributed by atoms with Gasteiger partial charge in [0.25, 0.3) is 5.91 Å². The highest BCUT2D eigenvalue weighted by atomic mass is 32.1. The summed E-state index contributed by atoms with van der Waals surface area (Å²) in [7, 11) is 4.02. The molecule has 0 aromatic carbocycles. The van der Waals surface area contributed by atoms with E-state index < -0.39 is 0 Å². The summed E-state index contributed by atoms with van der Waals surface area (Å²) < 4.78 is 5.41. The Morgan fingerprint density at radius 3 is 2.56 bits per heavy atom. The molecule has 1 aromatic rings. The molecule has 152 valence electrons. The third-order valence-electron chi connectivity index (χ3n) is 5.33. The van der Waals surface area contributed by atoms with Crippen molar-refractivity contribution in [2.24, 2.45) is 5.92 Å². The van der Waals surface area contributed by atoms with Gasteiger partial charge >= 0.3 is 0 Å². The zero-order chi connectivity index (χ0) is 19.1. The summed E-state index contributed by atoms with van der Waals surface area (Å²) in [6.07, 6.45) is 2.32. The molecule has 1 N–H and O–H groups in total. The molecule has 0 radical (unpaired) electrons. The highest BCUT2D eigenvalue weighted by Gasteiger charge is 2.21. The Balaban J connectivity index is 1.32. The molecule has 2 aliphatic heterocycles. The molecule has 1 aromatic heterocycles. The fourth-order valence-corrected chi connectivity index (χ4v) is 4.50. The molecule has 2 saturated heterocycles. The number of carbonyl (C=O) groups is 1. The van der Waals surface area contributed by atoms with Gasteiger partial charge < -0.3 is 19.9 Å². The number of piperidine rings is 1. The van der Waals surface area contributed by atoms with E-state index in [0.29, 0.717) is 11.6 Å². The number of hydrogen-bond donors (Lipinski definition) is 1. The molecular weight excluding hydrogens is 362 g/mol. The topological polar surface area (TPSA) is 60.9 Å². The van der Waals surface area contributed by atoms with Crippen LogP contribution < -0.4 is 5.32 Å². The van der Waals surface area contributed by atoms with Gasteiger partial charge in [0.15, 0.2) is 0 Å². The van der Waals surface area contributed by atoms with Crippen LogP contribution in [0.15, 0.2) is 5.38 Å². The van der Waals surface area contributed by atoms with Crippen LogP contribution in [-0.4, -0.2) is 98.7 Å². The number of rotatable bonds is 8. The fraction of sp³-hybridized carbons (Fsp3) is 0.789. The molecule has 0 unspecified atom stereocenters. The van der Waals surface area contributed by atoms with E-state index in [-0.39, 0.29) is 5.91 Å². The van der Waals surface area contributed by atoms with Crippen molar-refractivity contribution in [2.45, 2.75) is 19.4 Å². The number of amides is 1. The molecular formula is C19H33N5O2S. The van der Waals surface area contributed by atoms with Gasteiger partial charge in [-0.1, -0.05) is 0 Å². The standard InChI is InChI=1S/C19H33N5O2S/c1-22(2)14-18-21-17(15-27-18)19(25)20-13-16-3-5-23(6-4-16)7-8-24-9-11-26-12-10-24/h15-16H,3-14H2,1-2H3,(H,20,25). The first-order chi connectivity index (χ1) is 13.1. The first-order valence-electron chi connectivity index (χ1n) is 10.00. The molecule has 0 bridgehead atoms. The van der Waals surface area contributed by atoms with Gasteiger partial charge in [-0.05, 0) is 45.9 Å². The van der Waals surface area contributed by atoms with Crippen molar-refractivity contribution < 1.29 is 9.53 Å². The first kappa shape index (κ1) is 20.7. The van der Waals surface area contributed by atoms with Crippen LogP contribution in [-0.2, 0) is 11.3 Å². The molecule has 27 heavy (non-hydrogen) atoms. The Bertz CT molecular complexity index is 580. The van der Waals surface area contributed by atoms with Crippen molar-refractivity contribution in [3.8, 4) is 0 Å². The molecule has 2 aliphatic rings. The maximum absolute atomic E-state index is 12.3. The summed E-state index contributed by atoms with van der Waals surface area (Å²) in [5, 5.41) is 5.93. The Kier molecular flexibility index (Phi) is 8.02. The van der Waals surface area contributed by atoms with Gasteiger partial charge in [0, 0.05) is 44.6 Å². The van der Waals surface area contributed by atoms with E-state index in [0.717, 1.165) is 83.4 Å². The van der Waals surface area contributed by atoms with Crippen molar-refractivity contribution in [2.75, 3.05) is 73.1 Å². The second-order valence-corrected chi connectivity index (χ2v) is 8.76. The Morgan fingerprint density at radius 1 is 1.22 bits per heavy atom. The SMILES string of the molecule is CN(C)Cc1nc(C(=O)NCC2CCN(CCN3CCOCC3)CC2)cs1. The molecule has 0 spiro atoms. The lowest BCUT2D eigenvalue weighted by Gasteiger charge is -2.34. The number of nitrogens with zero attached hydrogens (tertiary/aromatic N) is 4. The number of nitrogens with one attached hydrogen (secondary N) is 1. The number of morpholine rings is 1. The van der Waals surface area contributed by atoms with Crippen molar-refractivity contribution in [3.05, 3.63) is 16.1 Å². The second-order valence-electron chi connectivity index (χ2n) is 7.81. The van der Waals surface area contributed by atoms with Crippen LogP contribution in [0.3, 0.4) is 0 Å². The largest absolute Gasteiger partial charge is 0.379 e. The number of likely N-dealkylation sites (tertiary alicyclic amines) is 1. The van der Waals surface area contributed by atoms with Crippen LogP contribution in [0.4, 0.5) is 0 Å². The number of aromatic nitrogens is 1. The van der Waals surface area contributed by atoms with E-state index in [1.54, 1.807) is 11.3 Å². The lowest BCUT2D eigenvalue weighted by molar-refractivity contribution is 0.0314. The smallest absolute Gasteiger partial charge is 0.270 e. The Labute approximate surface area is 166 Å². The van der Waals surface area contributed by atoms with Gasteiger partial charge in [-0.3, -0.25) is 9.69 Å². The predicted molar refractivity (Wildman–Crippen MR) is 108 cm³/mol. The molecule has 1 amide bonds. The highest BCUT2D eigenvalue weighted by molar-refractivity contribution is 7.09. The van der Waals surface area contributed by atoms with E-state index in [9.17, 15) is 4.79 Å². The Morgan fingerprint density at radius 2 is 1.89 bits per heavy atom. The predicted octanol–water partition coefficient (Wildman–Crippen LogP) is 0.979. The number of hydrogen-bond acceptors (Lipinski definition) is 7. The zero-order valence-electron chi connectivity index (χ0n) is 16.7. The van der Waals surface area contributed by atoms with Gasteiger partial charge in [-0.2, -0.15) is 0 Å².